The van der Waals surface area contributed by atoms with Crippen molar-refractivity contribution in [2.75, 3.05) is 6.54 Å². The fraction of sp³-hybridized carbons (Fsp3) is 0.250. The Morgan fingerprint density at radius 3 is 2.41 bits per heavy atom. The second-order valence-electron chi connectivity index (χ2n) is 4.45. The highest BCUT2D eigenvalue weighted by molar-refractivity contribution is 9.10. The van der Waals surface area contributed by atoms with Crippen LogP contribution < -0.4 is 0 Å². The number of phenols is 1. The van der Waals surface area contributed by atoms with E-state index in [-0.39, 0.29) is 14.9 Å². The number of aliphatic carboxylic acids is 1. The van der Waals surface area contributed by atoms with E-state index in [1.165, 1.54) is 6.07 Å². The summed E-state index contributed by atoms with van der Waals surface area (Å²) in [5.74, 6) is -5.73. The molecular formula is C12H7BrF3NO5. The molecule has 10 heteroatoms. The van der Waals surface area contributed by atoms with Crippen LogP contribution in [0.15, 0.2) is 16.6 Å². The molecule has 1 aliphatic heterocycles. The summed E-state index contributed by atoms with van der Waals surface area (Å²) in [5.41, 5.74) is -0.797. The minimum absolute atomic E-state index is 0.000671. The number of carboxylic acids is 1. The number of halogens is 4. The molecule has 118 valence electrons. The normalized spacial score (nSPS) is 18.1. The van der Waals surface area contributed by atoms with Crippen LogP contribution in [0.3, 0.4) is 0 Å². The van der Waals surface area contributed by atoms with E-state index < -0.39 is 47.7 Å². The molecule has 22 heavy (non-hydrogen) atoms. The summed E-state index contributed by atoms with van der Waals surface area (Å²) in [5, 5.41) is 18.9. The summed E-state index contributed by atoms with van der Waals surface area (Å²) >= 11 is 2.93. The van der Waals surface area contributed by atoms with Gasteiger partial charge in [0.15, 0.2) is 11.8 Å². The number of rotatable bonds is 1. The highest BCUT2D eigenvalue weighted by Crippen LogP contribution is 2.40. The Morgan fingerprint density at radius 1 is 1.32 bits per heavy atom. The molecule has 0 aromatic heterocycles. The molecule has 1 heterocycles. The number of hydrogen-bond donors (Lipinski definition) is 2. The highest BCUT2D eigenvalue weighted by atomic mass is 79.9. The quantitative estimate of drug-likeness (QED) is 0.774. The Labute approximate surface area is 129 Å². The van der Waals surface area contributed by atoms with E-state index >= 15 is 0 Å². The number of amides is 1. The number of alkyl halides is 3. The lowest BCUT2D eigenvalue weighted by Crippen LogP contribution is -2.51. The van der Waals surface area contributed by atoms with E-state index in [0.29, 0.717) is 0 Å². The van der Waals surface area contributed by atoms with E-state index in [1.54, 1.807) is 0 Å². The van der Waals surface area contributed by atoms with Crippen LogP contribution in [0, 0.1) is 0 Å². The van der Waals surface area contributed by atoms with Gasteiger partial charge in [0.05, 0.1) is 12.1 Å². The molecule has 0 saturated carbocycles. The number of aromatic hydroxyl groups is 1. The molecule has 0 spiro atoms. The van der Waals surface area contributed by atoms with Gasteiger partial charge < -0.3 is 15.1 Å². The zero-order valence-electron chi connectivity index (χ0n) is 10.5. The van der Waals surface area contributed by atoms with Crippen molar-refractivity contribution in [1.82, 2.24) is 4.90 Å². The molecule has 1 atom stereocenters. The molecule has 1 unspecified atom stereocenters. The third-order valence-corrected chi connectivity index (χ3v) is 3.78. The monoisotopic (exact) mass is 381 g/mol. The summed E-state index contributed by atoms with van der Waals surface area (Å²) in [7, 11) is 0. The Morgan fingerprint density at radius 2 is 1.91 bits per heavy atom. The molecule has 1 aliphatic rings. The second-order valence-corrected chi connectivity index (χ2v) is 5.30. The van der Waals surface area contributed by atoms with Gasteiger partial charge in [0.25, 0.3) is 0 Å². The Bertz CT molecular complexity index is 688. The number of carboxylic acid groups (broad SMARTS) is 1. The van der Waals surface area contributed by atoms with Crippen LogP contribution in [0.1, 0.15) is 22.0 Å². The molecule has 1 aromatic rings. The SMILES string of the molecule is O=C1CN(C(=O)C(F)(F)F)C(C(=O)O)c2c(Br)ccc(O)c21. The first-order valence-corrected chi connectivity index (χ1v) is 6.50. The molecule has 0 radical (unpaired) electrons. The zero-order valence-corrected chi connectivity index (χ0v) is 12.1. The number of benzene rings is 1. The van der Waals surface area contributed by atoms with E-state index in [9.17, 15) is 37.8 Å². The summed E-state index contributed by atoms with van der Waals surface area (Å²) in [6, 6.07) is 0.239. The van der Waals surface area contributed by atoms with Crippen LogP contribution in [-0.4, -0.2) is 45.5 Å². The first-order valence-electron chi connectivity index (χ1n) is 5.71. The predicted molar refractivity (Wildman–Crippen MR) is 68.3 cm³/mol. The van der Waals surface area contributed by atoms with Gasteiger partial charge in [-0.3, -0.25) is 9.59 Å². The Kier molecular flexibility index (Phi) is 3.90. The first-order chi connectivity index (χ1) is 10.1. The van der Waals surface area contributed by atoms with Crippen LogP contribution in [-0.2, 0) is 9.59 Å². The van der Waals surface area contributed by atoms with Crippen molar-refractivity contribution in [1.29, 1.82) is 0 Å². The third kappa shape index (κ3) is 2.54. The molecular weight excluding hydrogens is 375 g/mol. The number of hydrogen-bond acceptors (Lipinski definition) is 4. The van der Waals surface area contributed by atoms with Gasteiger partial charge in [0, 0.05) is 10.0 Å². The Balaban J connectivity index is 2.68. The predicted octanol–water partition coefficient (Wildman–Crippen LogP) is 1.87. The van der Waals surface area contributed by atoms with E-state index in [1.807, 2.05) is 0 Å². The summed E-state index contributed by atoms with van der Waals surface area (Å²) < 4.78 is 37.8. The van der Waals surface area contributed by atoms with Gasteiger partial charge in [-0.05, 0) is 12.1 Å². The molecule has 6 nitrogen and oxygen atoms in total. The average Bonchev–Trinajstić information content (AvgIpc) is 2.39. The fourth-order valence-corrected chi connectivity index (χ4v) is 2.78. The maximum absolute atomic E-state index is 12.6. The van der Waals surface area contributed by atoms with Gasteiger partial charge in [-0.15, -0.1) is 0 Å². The fourth-order valence-electron chi connectivity index (χ4n) is 2.23. The van der Waals surface area contributed by atoms with Gasteiger partial charge in [-0.25, -0.2) is 4.79 Å². The molecule has 0 saturated heterocycles. The molecule has 2 N–H and O–H groups in total. The summed E-state index contributed by atoms with van der Waals surface area (Å²) in [6.45, 7) is -1.09. The van der Waals surface area contributed by atoms with Crippen LogP contribution in [0.5, 0.6) is 5.75 Å². The van der Waals surface area contributed by atoms with Crippen molar-refractivity contribution in [3.8, 4) is 5.75 Å². The van der Waals surface area contributed by atoms with Crippen molar-refractivity contribution in [2.24, 2.45) is 0 Å². The van der Waals surface area contributed by atoms with Crippen LogP contribution in [0.2, 0.25) is 0 Å². The maximum Gasteiger partial charge on any atom is 0.471 e. The lowest BCUT2D eigenvalue weighted by atomic mass is 9.90. The summed E-state index contributed by atoms with van der Waals surface area (Å²) in [6.07, 6.45) is -5.32. The van der Waals surface area contributed by atoms with Crippen molar-refractivity contribution in [2.45, 2.75) is 12.2 Å². The standard InChI is InChI=1S/C12H7BrF3NO5/c13-4-1-2-5(18)8-6(19)3-17(11(22)12(14,15)16)9(7(4)8)10(20)21/h1-2,9,18H,3H2,(H,20,21). The van der Waals surface area contributed by atoms with E-state index in [4.69, 9.17) is 0 Å². The van der Waals surface area contributed by atoms with Crippen molar-refractivity contribution in [3.05, 3.63) is 27.7 Å². The van der Waals surface area contributed by atoms with Crippen molar-refractivity contribution in [3.63, 3.8) is 0 Å². The molecule has 1 amide bonds. The van der Waals surface area contributed by atoms with Gasteiger partial charge in [0.1, 0.15) is 5.75 Å². The lowest BCUT2D eigenvalue weighted by molar-refractivity contribution is -0.189. The minimum Gasteiger partial charge on any atom is -0.507 e. The van der Waals surface area contributed by atoms with Crippen molar-refractivity contribution >= 4 is 33.6 Å². The smallest absolute Gasteiger partial charge is 0.471 e. The number of fused-ring (bicyclic) bond motifs is 1. The molecule has 0 aliphatic carbocycles. The number of ketones is 1. The largest absolute Gasteiger partial charge is 0.507 e. The minimum atomic E-state index is -5.32. The van der Waals surface area contributed by atoms with Gasteiger partial charge >= 0.3 is 18.1 Å². The topological polar surface area (TPSA) is 94.9 Å². The van der Waals surface area contributed by atoms with Crippen LogP contribution >= 0.6 is 15.9 Å². The third-order valence-electron chi connectivity index (χ3n) is 3.09. The molecule has 1 aromatic carbocycles. The number of Topliss-reactive ketones (excluding diaryl/α,β-unsaturated/α-hetero) is 1. The van der Waals surface area contributed by atoms with E-state index in [2.05, 4.69) is 15.9 Å². The molecule has 2 rings (SSSR count). The summed E-state index contributed by atoms with van der Waals surface area (Å²) in [4.78, 5) is 34.6. The molecule has 0 fully saturated rings. The van der Waals surface area contributed by atoms with Crippen LogP contribution in [0.4, 0.5) is 13.2 Å². The maximum atomic E-state index is 12.6. The number of phenolic OH excluding ortho intramolecular Hbond substituents is 1. The number of carbonyl (C=O) groups is 3. The van der Waals surface area contributed by atoms with Crippen molar-refractivity contribution < 1.29 is 37.8 Å². The average molecular weight is 382 g/mol. The van der Waals surface area contributed by atoms with Gasteiger partial charge in [0.2, 0.25) is 0 Å². The van der Waals surface area contributed by atoms with Gasteiger partial charge in [-0.2, -0.15) is 13.2 Å². The number of carbonyl (C=O) groups excluding carboxylic acids is 2. The zero-order chi connectivity index (χ0) is 16.8. The first kappa shape index (κ1) is 16.3. The van der Waals surface area contributed by atoms with E-state index in [0.717, 1.165) is 6.07 Å². The highest BCUT2D eigenvalue weighted by Gasteiger charge is 2.50. The lowest BCUT2D eigenvalue weighted by Gasteiger charge is -2.34. The molecule has 0 bridgehead atoms. The van der Waals surface area contributed by atoms with Crippen LogP contribution in [0.25, 0.3) is 0 Å². The van der Waals surface area contributed by atoms with Gasteiger partial charge in [-0.1, -0.05) is 15.9 Å². The number of nitrogens with zero attached hydrogens (tertiary/aromatic N) is 1. The Hall–Kier alpha value is -2.10. The second kappa shape index (κ2) is 5.27.